The Morgan fingerprint density at radius 3 is 2.15 bits per heavy atom. The average Bonchev–Trinajstić information content (AvgIpc) is 2.19. The third-order valence-electron chi connectivity index (χ3n) is 3.51. The van der Waals surface area contributed by atoms with Gasteiger partial charge < -0.3 is 5.32 Å². The number of halogens is 2. The van der Waals surface area contributed by atoms with Crippen molar-refractivity contribution in [2.45, 2.75) is 53.5 Å². The minimum absolute atomic E-state index is 0.103. The molecule has 0 bridgehead atoms. The van der Waals surface area contributed by atoms with Gasteiger partial charge in [-0.25, -0.2) is 4.39 Å². The molecule has 1 N–H and O–H groups in total. The van der Waals surface area contributed by atoms with Gasteiger partial charge in [0, 0.05) is 10.0 Å². The van der Waals surface area contributed by atoms with Crippen LogP contribution in [0, 0.1) is 17.2 Å². The van der Waals surface area contributed by atoms with Crippen molar-refractivity contribution in [1.29, 1.82) is 0 Å². The quantitative estimate of drug-likeness (QED) is 0.793. The third kappa shape index (κ3) is 6.36. The van der Waals surface area contributed by atoms with Gasteiger partial charge in [0.25, 0.3) is 0 Å². The van der Waals surface area contributed by atoms with Crippen molar-refractivity contribution in [3.63, 3.8) is 0 Å². The number of benzene rings is 1. The fourth-order valence-electron chi connectivity index (χ4n) is 2.13. The van der Waals surface area contributed by atoms with E-state index in [-0.39, 0.29) is 16.8 Å². The number of hydrogen-bond donors (Lipinski definition) is 1. The lowest BCUT2D eigenvalue weighted by molar-refractivity contribution is 0.214. The van der Waals surface area contributed by atoms with E-state index in [9.17, 15) is 4.39 Å². The van der Waals surface area contributed by atoms with E-state index in [1.165, 1.54) is 6.07 Å². The molecule has 0 fully saturated rings. The molecule has 3 heteroatoms. The minimum atomic E-state index is -0.175. The van der Waals surface area contributed by atoms with Crippen molar-refractivity contribution in [2.75, 3.05) is 6.54 Å². The monoisotopic (exact) mass is 343 g/mol. The van der Waals surface area contributed by atoms with Crippen LogP contribution in [0.5, 0.6) is 0 Å². The van der Waals surface area contributed by atoms with E-state index < -0.39 is 0 Å². The van der Waals surface area contributed by atoms with Crippen molar-refractivity contribution >= 4 is 15.9 Å². The summed E-state index contributed by atoms with van der Waals surface area (Å²) >= 11 is 3.37. The first-order chi connectivity index (χ1) is 8.97. The molecule has 1 rings (SSSR count). The highest BCUT2D eigenvalue weighted by atomic mass is 79.9. The maximum Gasteiger partial charge on any atom is 0.124 e. The van der Waals surface area contributed by atoms with Crippen LogP contribution in [0.25, 0.3) is 0 Å². The van der Waals surface area contributed by atoms with Gasteiger partial charge in [-0.15, -0.1) is 0 Å². The van der Waals surface area contributed by atoms with E-state index in [4.69, 9.17) is 0 Å². The lowest BCUT2D eigenvalue weighted by Crippen LogP contribution is -2.42. The Bertz CT molecular complexity index is 423. The number of nitrogens with one attached hydrogen (secondary N) is 1. The van der Waals surface area contributed by atoms with E-state index in [1.54, 1.807) is 6.07 Å². The molecular weight excluding hydrogens is 317 g/mol. The Balaban J connectivity index is 2.84. The van der Waals surface area contributed by atoms with Gasteiger partial charge in [-0.2, -0.15) is 0 Å². The molecule has 0 amide bonds. The molecule has 0 aliphatic heterocycles. The summed E-state index contributed by atoms with van der Waals surface area (Å²) in [6, 6.07) is 5.16. The van der Waals surface area contributed by atoms with Crippen LogP contribution >= 0.6 is 15.9 Å². The number of hydrogen-bond acceptors (Lipinski definition) is 1. The molecule has 0 aromatic heterocycles. The average molecular weight is 344 g/mol. The van der Waals surface area contributed by atoms with Crippen LogP contribution in [0.2, 0.25) is 0 Å². The van der Waals surface area contributed by atoms with Crippen molar-refractivity contribution in [3.05, 3.63) is 34.1 Å². The summed E-state index contributed by atoms with van der Waals surface area (Å²) in [4.78, 5) is 0. The van der Waals surface area contributed by atoms with E-state index in [0.717, 1.165) is 23.0 Å². The predicted molar refractivity (Wildman–Crippen MR) is 88.5 cm³/mol. The highest BCUT2D eigenvalue weighted by Crippen LogP contribution is 2.30. The Morgan fingerprint density at radius 1 is 1.10 bits per heavy atom. The zero-order valence-electron chi connectivity index (χ0n) is 13.5. The lowest BCUT2D eigenvalue weighted by Gasteiger charge is -2.34. The Morgan fingerprint density at radius 2 is 1.70 bits per heavy atom. The van der Waals surface area contributed by atoms with E-state index in [1.807, 2.05) is 6.07 Å². The molecule has 0 aliphatic carbocycles. The normalized spacial score (nSPS) is 14.4. The highest BCUT2D eigenvalue weighted by Gasteiger charge is 2.26. The van der Waals surface area contributed by atoms with Gasteiger partial charge in [-0.05, 0) is 68.8 Å². The molecule has 0 spiro atoms. The van der Waals surface area contributed by atoms with Crippen LogP contribution in [0.3, 0.4) is 0 Å². The first-order valence-electron chi connectivity index (χ1n) is 7.17. The van der Waals surface area contributed by atoms with Crippen molar-refractivity contribution in [1.82, 2.24) is 5.32 Å². The largest absolute Gasteiger partial charge is 0.312 e. The van der Waals surface area contributed by atoms with Crippen LogP contribution in [-0.2, 0) is 6.42 Å². The molecule has 114 valence electrons. The summed E-state index contributed by atoms with van der Waals surface area (Å²) in [5.41, 5.74) is 1.33. The fourth-order valence-corrected chi connectivity index (χ4v) is 2.64. The number of rotatable bonds is 4. The second-order valence-corrected chi connectivity index (χ2v) is 8.59. The lowest BCUT2D eigenvalue weighted by atomic mass is 9.77. The topological polar surface area (TPSA) is 12.0 Å². The van der Waals surface area contributed by atoms with Crippen molar-refractivity contribution in [2.24, 2.45) is 11.3 Å². The first-order valence-corrected chi connectivity index (χ1v) is 7.97. The fraction of sp³-hybridized carbons (Fsp3) is 0.647. The van der Waals surface area contributed by atoms with Gasteiger partial charge in [0.05, 0.1) is 0 Å². The molecule has 1 atom stereocenters. The molecule has 1 nitrogen and oxygen atoms in total. The van der Waals surface area contributed by atoms with E-state index >= 15 is 0 Å². The van der Waals surface area contributed by atoms with Crippen molar-refractivity contribution < 1.29 is 4.39 Å². The predicted octanol–water partition coefficient (Wildman–Crippen LogP) is 5.18. The maximum atomic E-state index is 13.5. The standard InChI is InChI=1S/C17H27BrFN/c1-16(2,3)13(11-20-17(4,5)6)7-12-8-14(18)10-15(19)9-12/h8-10,13,20H,7,11H2,1-6H3. The Hall–Kier alpha value is -0.410. The van der Waals surface area contributed by atoms with Gasteiger partial charge in [-0.3, -0.25) is 0 Å². The summed E-state index contributed by atoms with van der Waals surface area (Å²) in [6.07, 6.45) is 0.878. The minimum Gasteiger partial charge on any atom is -0.312 e. The van der Waals surface area contributed by atoms with Crippen LogP contribution < -0.4 is 5.32 Å². The van der Waals surface area contributed by atoms with Crippen LogP contribution in [-0.4, -0.2) is 12.1 Å². The van der Waals surface area contributed by atoms with Gasteiger partial charge in [0.15, 0.2) is 0 Å². The van der Waals surface area contributed by atoms with E-state index in [0.29, 0.717) is 5.92 Å². The second-order valence-electron chi connectivity index (χ2n) is 7.68. The molecule has 0 radical (unpaired) electrons. The Labute approximate surface area is 131 Å². The molecule has 0 heterocycles. The molecule has 1 aromatic carbocycles. The van der Waals surface area contributed by atoms with Crippen LogP contribution in [0.15, 0.2) is 22.7 Å². The molecule has 1 unspecified atom stereocenters. The molecule has 0 saturated heterocycles. The first kappa shape index (κ1) is 17.6. The molecular formula is C17H27BrFN. The molecule has 0 aliphatic rings. The SMILES string of the molecule is CC(C)(C)NCC(Cc1cc(F)cc(Br)c1)C(C)(C)C. The van der Waals surface area contributed by atoms with E-state index in [2.05, 4.69) is 62.8 Å². The smallest absolute Gasteiger partial charge is 0.124 e. The summed E-state index contributed by atoms with van der Waals surface area (Å²) < 4.78 is 14.3. The third-order valence-corrected chi connectivity index (χ3v) is 3.97. The van der Waals surface area contributed by atoms with Crippen LogP contribution in [0.1, 0.15) is 47.1 Å². The van der Waals surface area contributed by atoms with Gasteiger partial charge in [-0.1, -0.05) is 36.7 Å². The summed E-state index contributed by atoms with van der Waals surface area (Å²) in [5.74, 6) is 0.279. The Kier molecular flexibility index (Phi) is 5.79. The second kappa shape index (κ2) is 6.57. The zero-order chi connectivity index (χ0) is 15.6. The summed E-state index contributed by atoms with van der Waals surface area (Å²) in [5, 5.41) is 3.57. The summed E-state index contributed by atoms with van der Waals surface area (Å²) in [6.45, 7) is 14.2. The zero-order valence-corrected chi connectivity index (χ0v) is 15.1. The molecule has 1 aromatic rings. The van der Waals surface area contributed by atoms with Gasteiger partial charge in [0.1, 0.15) is 5.82 Å². The van der Waals surface area contributed by atoms with Gasteiger partial charge in [0.2, 0.25) is 0 Å². The molecule has 0 saturated carbocycles. The highest BCUT2D eigenvalue weighted by molar-refractivity contribution is 9.10. The summed E-state index contributed by atoms with van der Waals surface area (Å²) in [7, 11) is 0. The van der Waals surface area contributed by atoms with Crippen molar-refractivity contribution in [3.8, 4) is 0 Å². The maximum absolute atomic E-state index is 13.5. The van der Waals surface area contributed by atoms with Gasteiger partial charge >= 0.3 is 0 Å². The molecule has 20 heavy (non-hydrogen) atoms. The van der Waals surface area contributed by atoms with Crippen LogP contribution in [0.4, 0.5) is 4.39 Å².